The zero-order valence-corrected chi connectivity index (χ0v) is 11.6. The number of hydrogen-bond donors (Lipinski definition) is 1. The van der Waals surface area contributed by atoms with Crippen LogP contribution in [0, 0.1) is 13.8 Å². The van der Waals surface area contributed by atoms with E-state index in [2.05, 4.69) is 9.97 Å². The second-order valence-electron chi connectivity index (χ2n) is 3.96. The van der Waals surface area contributed by atoms with E-state index in [9.17, 15) is 9.59 Å². The molecule has 0 aliphatic carbocycles. The van der Waals surface area contributed by atoms with Crippen molar-refractivity contribution >= 4 is 22.9 Å². The van der Waals surface area contributed by atoms with Crippen LogP contribution in [0.5, 0.6) is 0 Å². The van der Waals surface area contributed by atoms with Crippen LogP contribution in [0.3, 0.4) is 0 Å². The van der Waals surface area contributed by atoms with Gasteiger partial charge in [-0.05, 0) is 13.8 Å². The van der Waals surface area contributed by atoms with Gasteiger partial charge in [0.15, 0.2) is 0 Å². The average Bonchev–Trinajstić information content (AvgIpc) is 2.72. The molecule has 0 saturated carbocycles. The minimum absolute atomic E-state index is 0.103. The highest BCUT2D eigenvalue weighted by molar-refractivity contribution is 7.09. The van der Waals surface area contributed by atoms with Gasteiger partial charge < -0.3 is 0 Å². The first kappa shape index (κ1) is 13.0. The number of aryl methyl sites for hydroxylation is 2. The predicted octanol–water partition coefficient (Wildman–Crippen LogP) is 1.51. The molecule has 0 amide bonds. The van der Waals surface area contributed by atoms with Crippen molar-refractivity contribution in [3.8, 4) is 0 Å². The summed E-state index contributed by atoms with van der Waals surface area (Å²) >= 11 is 7.26. The molecule has 0 bridgehead atoms. The second kappa shape index (κ2) is 5.07. The number of thiazole rings is 1. The number of aromatic nitrogens is 3. The van der Waals surface area contributed by atoms with Crippen LogP contribution in [0.25, 0.3) is 0 Å². The third kappa shape index (κ3) is 2.54. The quantitative estimate of drug-likeness (QED) is 0.869. The molecule has 0 atom stereocenters. The summed E-state index contributed by atoms with van der Waals surface area (Å²) in [5.41, 5.74) is 0.469. The standard InChI is InChI=1S/C11H12ClN3O2S/c1-6-5-18-8(13-6)3-4-15-10(16)7(2)9(12)14-11(15)17/h5H,3-4H2,1-2H3,(H,14,17). The molecule has 2 heterocycles. The molecule has 96 valence electrons. The van der Waals surface area contributed by atoms with E-state index in [1.54, 1.807) is 6.92 Å². The van der Waals surface area contributed by atoms with E-state index in [4.69, 9.17) is 11.6 Å². The summed E-state index contributed by atoms with van der Waals surface area (Å²) in [6.07, 6.45) is 0.558. The summed E-state index contributed by atoms with van der Waals surface area (Å²) in [4.78, 5) is 30.3. The van der Waals surface area contributed by atoms with Gasteiger partial charge in [-0.1, -0.05) is 11.6 Å². The van der Waals surface area contributed by atoms with Crippen molar-refractivity contribution in [1.29, 1.82) is 0 Å². The van der Waals surface area contributed by atoms with E-state index in [-0.39, 0.29) is 10.7 Å². The molecule has 0 spiro atoms. The molecule has 0 saturated heterocycles. The molecule has 0 aliphatic heterocycles. The van der Waals surface area contributed by atoms with E-state index in [0.717, 1.165) is 15.3 Å². The van der Waals surface area contributed by atoms with Crippen LogP contribution >= 0.6 is 22.9 Å². The Hall–Kier alpha value is -1.40. The molecule has 0 aliphatic rings. The lowest BCUT2D eigenvalue weighted by Gasteiger charge is -2.05. The van der Waals surface area contributed by atoms with Gasteiger partial charge in [-0.15, -0.1) is 11.3 Å². The Morgan fingerprint density at radius 2 is 2.17 bits per heavy atom. The van der Waals surface area contributed by atoms with Gasteiger partial charge >= 0.3 is 5.69 Å². The Morgan fingerprint density at radius 1 is 1.44 bits per heavy atom. The van der Waals surface area contributed by atoms with E-state index in [0.29, 0.717) is 18.5 Å². The van der Waals surface area contributed by atoms with Gasteiger partial charge in [0, 0.05) is 29.6 Å². The van der Waals surface area contributed by atoms with Gasteiger partial charge in [0.05, 0.1) is 5.01 Å². The Labute approximate surface area is 112 Å². The summed E-state index contributed by atoms with van der Waals surface area (Å²) in [5.74, 6) is 0. The zero-order chi connectivity index (χ0) is 13.3. The van der Waals surface area contributed by atoms with Gasteiger partial charge in [0.1, 0.15) is 5.15 Å². The summed E-state index contributed by atoms with van der Waals surface area (Å²) < 4.78 is 1.15. The van der Waals surface area contributed by atoms with Crippen molar-refractivity contribution in [3.05, 3.63) is 47.6 Å². The Balaban J connectivity index is 2.28. The first-order chi connectivity index (χ1) is 8.49. The molecule has 0 fully saturated rings. The summed E-state index contributed by atoms with van der Waals surface area (Å²) in [6, 6.07) is 0. The lowest BCUT2D eigenvalue weighted by Crippen LogP contribution is -2.37. The monoisotopic (exact) mass is 285 g/mol. The van der Waals surface area contributed by atoms with E-state index in [1.807, 2.05) is 12.3 Å². The maximum absolute atomic E-state index is 11.9. The molecule has 7 heteroatoms. The Kier molecular flexibility index (Phi) is 3.68. The molecule has 5 nitrogen and oxygen atoms in total. The zero-order valence-electron chi connectivity index (χ0n) is 9.99. The van der Waals surface area contributed by atoms with Crippen molar-refractivity contribution in [1.82, 2.24) is 14.5 Å². The van der Waals surface area contributed by atoms with E-state index < -0.39 is 5.69 Å². The molecule has 1 N–H and O–H groups in total. The number of rotatable bonds is 3. The highest BCUT2D eigenvalue weighted by Crippen LogP contribution is 2.09. The molecular weight excluding hydrogens is 274 g/mol. The SMILES string of the molecule is Cc1csc(CCn2c(=O)[nH]c(Cl)c(C)c2=O)n1. The number of halogens is 1. The van der Waals surface area contributed by atoms with Crippen LogP contribution in [0.4, 0.5) is 0 Å². The highest BCUT2D eigenvalue weighted by atomic mass is 35.5. The molecule has 0 radical (unpaired) electrons. The van der Waals surface area contributed by atoms with Gasteiger partial charge in [0.25, 0.3) is 5.56 Å². The first-order valence-corrected chi connectivity index (χ1v) is 6.65. The highest BCUT2D eigenvalue weighted by Gasteiger charge is 2.09. The second-order valence-corrected chi connectivity index (χ2v) is 5.28. The van der Waals surface area contributed by atoms with Crippen molar-refractivity contribution in [2.75, 3.05) is 0 Å². The molecular formula is C11H12ClN3O2S. The summed E-state index contributed by atoms with van der Waals surface area (Å²) in [7, 11) is 0. The third-order valence-electron chi connectivity index (χ3n) is 2.57. The van der Waals surface area contributed by atoms with Crippen LogP contribution in [0.1, 0.15) is 16.3 Å². The molecule has 2 aromatic rings. The molecule has 2 rings (SSSR count). The molecule has 18 heavy (non-hydrogen) atoms. The first-order valence-electron chi connectivity index (χ1n) is 5.39. The van der Waals surface area contributed by atoms with Crippen LogP contribution in [-0.2, 0) is 13.0 Å². The number of nitrogens with zero attached hydrogens (tertiary/aromatic N) is 2. The van der Waals surface area contributed by atoms with Crippen molar-refractivity contribution in [2.24, 2.45) is 0 Å². The van der Waals surface area contributed by atoms with Crippen LogP contribution in [-0.4, -0.2) is 14.5 Å². The predicted molar refractivity (Wildman–Crippen MR) is 71.6 cm³/mol. The number of aromatic amines is 1. The number of hydrogen-bond acceptors (Lipinski definition) is 4. The van der Waals surface area contributed by atoms with Crippen LogP contribution in [0.2, 0.25) is 5.15 Å². The van der Waals surface area contributed by atoms with Gasteiger partial charge in [-0.2, -0.15) is 0 Å². The number of H-pyrrole nitrogens is 1. The average molecular weight is 286 g/mol. The Bertz CT molecular complexity index is 686. The summed E-state index contributed by atoms with van der Waals surface area (Å²) in [5, 5.41) is 2.95. The Morgan fingerprint density at radius 3 is 2.78 bits per heavy atom. The maximum Gasteiger partial charge on any atom is 0.329 e. The smallest absolute Gasteiger partial charge is 0.297 e. The molecule has 0 aromatic carbocycles. The number of nitrogens with one attached hydrogen (secondary N) is 1. The van der Waals surface area contributed by atoms with Crippen LogP contribution < -0.4 is 11.2 Å². The van der Waals surface area contributed by atoms with Gasteiger partial charge in [0.2, 0.25) is 0 Å². The summed E-state index contributed by atoms with van der Waals surface area (Å²) in [6.45, 7) is 3.80. The normalized spacial score (nSPS) is 10.8. The van der Waals surface area contributed by atoms with Crippen molar-refractivity contribution in [2.45, 2.75) is 26.8 Å². The molecule has 2 aromatic heterocycles. The van der Waals surface area contributed by atoms with Gasteiger partial charge in [-0.25, -0.2) is 9.78 Å². The minimum atomic E-state index is -0.483. The fourth-order valence-electron chi connectivity index (χ4n) is 1.57. The van der Waals surface area contributed by atoms with Crippen molar-refractivity contribution in [3.63, 3.8) is 0 Å². The largest absolute Gasteiger partial charge is 0.329 e. The minimum Gasteiger partial charge on any atom is -0.297 e. The van der Waals surface area contributed by atoms with Crippen molar-refractivity contribution < 1.29 is 0 Å². The lowest BCUT2D eigenvalue weighted by molar-refractivity contribution is 0.621. The lowest BCUT2D eigenvalue weighted by atomic mass is 10.3. The van der Waals surface area contributed by atoms with E-state index in [1.165, 1.54) is 11.3 Å². The van der Waals surface area contributed by atoms with Gasteiger partial charge in [-0.3, -0.25) is 14.3 Å². The van der Waals surface area contributed by atoms with E-state index >= 15 is 0 Å². The fraction of sp³-hybridized carbons (Fsp3) is 0.364. The maximum atomic E-state index is 11.9. The third-order valence-corrected chi connectivity index (χ3v) is 3.98. The van der Waals surface area contributed by atoms with Crippen LogP contribution in [0.15, 0.2) is 15.0 Å². The fourth-order valence-corrected chi connectivity index (χ4v) is 2.50. The topological polar surface area (TPSA) is 67.8 Å². The molecule has 0 unspecified atom stereocenters.